The van der Waals surface area contributed by atoms with Crippen LogP contribution in [0.1, 0.15) is 0 Å². The number of rotatable bonds is 0. The van der Waals surface area contributed by atoms with Crippen molar-refractivity contribution in [1.82, 2.24) is 0 Å². The fourth-order valence-electron chi connectivity index (χ4n) is 0.186. The van der Waals surface area contributed by atoms with E-state index in [1.54, 1.807) is 0 Å². The summed E-state index contributed by atoms with van der Waals surface area (Å²) < 4.78 is 8.14. The number of hydrogen-bond acceptors (Lipinski definition) is 0. The fraction of sp³-hybridized carbons (Fsp3) is 0. The van der Waals surface area contributed by atoms with Crippen molar-refractivity contribution in [1.29, 1.82) is 0 Å². The Morgan fingerprint density at radius 1 is 1.80 bits per heavy atom. The molecule has 0 aromatic heterocycles. The van der Waals surface area contributed by atoms with Gasteiger partial charge in [-0.3, -0.25) is 0 Å². The molecule has 0 amide bonds. The first-order valence-electron chi connectivity index (χ1n) is 1.35. The summed E-state index contributed by atoms with van der Waals surface area (Å²) in [7, 11) is 0. The van der Waals surface area contributed by atoms with Gasteiger partial charge in [-0.2, -0.15) is 0 Å². The third-order valence-electron chi connectivity index (χ3n) is 0.362. The molecule has 0 nitrogen and oxygen atoms in total. The van der Waals surface area contributed by atoms with Crippen LogP contribution < -0.4 is 0 Å². The summed E-state index contributed by atoms with van der Waals surface area (Å²) in [5.74, 6) is 0. The van der Waals surface area contributed by atoms with Gasteiger partial charge < -0.3 is 0 Å². The molecule has 1 aliphatic rings. The maximum absolute atomic E-state index is 3.43. The third kappa shape index (κ3) is 1.42. The molecule has 1 rings (SSSR count). The van der Waals surface area contributed by atoms with Crippen molar-refractivity contribution in [3.8, 4) is 0 Å². The zero-order valence-corrected chi connectivity index (χ0v) is 8.01. The molecule has 0 atom stereocenters. The second-order valence-electron chi connectivity index (χ2n) is 0.701. The molecule has 1 heterocycles. The van der Waals surface area contributed by atoms with Crippen LogP contribution in [0.5, 0.6) is 0 Å². The van der Waals surface area contributed by atoms with Crippen LogP contribution in [0, 0.1) is 0 Å². The molecule has 0 unspecified atom stereocenters. The molecule has 0 aromatic rings. The molecule has 0 fully saturated rings. The molecule has 0 saturated heterocycles. The SMILES string of the molecule is [C]1=[Sb][CH]=[CH][SbH]1. The van der Waals surface area contributed by atoms with E-state index in [2.05, 4.69) is 9.94 Å². The Kier molecular flexibility index (Phi) is 2.14. The predicted molar refractivity (Wildman–Crippen MR) is 27.0 cm³/mol. The van der Waals surface area contributed by atoms with Crippen LogP contribution in [-0.4, -0.2) is 44.7 Å². The summed E-state index contributed by atoms with van der Waals surface area (Å²) in [6.07, 6.45) is 0. The number of hydrogen-bond donors (Lipinski definition) is 0. The minimum atomic E-state index is -0.0350. The average Bonchev–Trinajstić information content (AvgIpc) is 1.76. The first kappa shape index (κ1) is 4.41. The van der Waals surface area contributed by atoms with Gasteiger partial charge in [0.05, 0.1) is 0 Å². The molecular formula is C3H3Sb2. The van der Waals surface area contributed by atoms with E-state index in [4.69, 9.17) is 0 Å². The third-order valence-corrected chi connectivity index (χ3v) is 10.2. The first-order chi connectivity index (χ1) is 2.50. The summed E-state index contributed by atoms with van der Waals surface area (Å²) in [5.41, 5.74) is 0. The Balaban J connectivity index is 2.61. The molecule has 0 N–H and O–H groups in total. The Labute approximate surface area is 52.2 Å². The molecule has 0 aromatic carbocycles. The normalized spacial score (nSPS) is 17.6. The van der Waals surface area contributed by atoms with Gasteiger partial charge in [-0.1, -0.05) is 0 Å². The van der Waals surface area contributed by atoms with Gasteiger partial charge in [0.15, 0.2) is 0 Å². The Morgan fingerprint density at radius 3 is 3.00 bits per heavy atom. The van der Waals surface area contributed by atoms with Gasteiger partial charge in [-0.25, -0.2) is 0 Å². The molecule has 0 bridgehead atoms. The van der Waals surface area contributed by atoms with Crippen LogP contribution in [0.15, 0.2) is 8.05 Å². The van der Waals surface area contributed by atoms with E-state index in [1.165, 1.54) is 0 Å². The molecule has 1 radical (unpaired) electrons. The van der Waals surface area contributed by atoms with Gasteiger partial charge in [0.1, 0.15) is 0 Å². The average molecular weight is 283 g/mol. The molecule has 25 valence electrons. The molecule has 0 aliphatic carbocycles. The quantitative estimate of drug-likeness (QED) is 0.513. The van der Waals surface area contributed by atoms with Crippen LogP contribution in [0.25, 0.3) is 0 Å². The summed E-state index contributed by atoms with van der Waals surface area (Å²) in [6, 6.07) is 0. The second-order valence-corrected chi connectivity index (χ2v) is 8.98. The van der Waals surface area contributed by atoms with Crippen molar-refractivity contribution in [3.63, 3.8) is 0 Å². The first-order valence-corrected chi connectivity index (χ1v) is 7.18. The van der Waals surface area contributed by atoms with E-state index >= 15 is 0 Å². The molecular weight excluding hydrogens is 280 g/mol. The summed E-state index contributed by atoms with van der Waals surface area (Å²) in [5, 5.41) is 0. The van der Waals surface area contributed by atoms with E-state index < -0.39 is 0 Å². The molecule has 1 aliphatic heterocycles. The Bertz CT molecular complexity index is 63.0. The predicted octanol–water partition coefficient (Wildman–Crippen LogP) is -0.751. The van der Waals surface area contributed by atoms with Gasteiger partial charge in [0.2, 0.25) is 0 Å². The van der Waals surface area contributed by atoms with Crippen LogP contribution in [0.2, 0.25) is 0 Å². The van der Waals surface area contributed by atoms with Gasteiger partial charge in [-0.05, 0) is 0 Å². The van der Waals surface area contributed by atoms with Crippen molar-refractivity contribution < 1.29 is 0 Å². The minimum absolute atomic E-state index is 0.0350. The van der Waals surface area contributed by atoms with Crippen LogP contribution in [0.4, 0.5) is 0 Å². The van der Waals surface area contributed by atoms with Gasteiger partial charge in [0, 0.05) is 0 Å². The van der Waals surface area contributed by atoms with Crippen molar-refractivity contribution in [3.05, 3.63) is 8.05 Å². The van der Waals surface area contributed by atoms with E-state index in [0.29, 0.717) is 0 Å². The molecule has 0 spiro atoms. The zero-order valence-electron chi connectivity index (χ0n) is 2.60. The van der Waals surface area contributed by atoms with Gasteiger partial charge >= 0.3 is 52.7 Å². The Hall–Kier alpha value is 1.25. The summed E-state index contributed by atoms with van der Waals surface area (Å²) in [4.78, 5) is 0. The molecule has 5 heavy (non-hydrogen) atoms. The van der Waals surface area contributed by atoms with E-state index in [1.807, 2.05) is 0 Å². The monoisotopic (exact) mass is 281 g/mol. The maximum atomic E-state index is 3.43. The molecule has 2 heteroatoms. The van der Waals surface area contributed by atoms with Crippen molar-refractivity contribution in [2.24, 2.45) is 0 Å². The van der Waals surface area contributed by atoms with Crippen molar-refractivity contribution in [2.75, 3.05) is 0 Å². The van der Waals surface area contributed by atoms with Gasteiger partial charge in [0.25, 0.3) is 0 Å². The van der Waals surface area contributed by atoms with E-state index in [0.717, 1.165) is 0 Å². The topological polar surface area (TPSA) is 0 Å². The summed E-state index contributed by atoms with van der Waals surface area (Å²) in [6.45, 7) is 0. The van der Waals surface area contributed by atoms with Crippen LogP contribution in [-0.2, 0) is 0 Å². The van der Waals surface area contributed by atoms with Gasteiger partial charge in [-0.15, -0.1) is 0 Å². The van der Waals surface area contributed by atoms with Crippen molar-refractivity contribution in [2.45, 2.75) is 0 Å². The van der Waals surface area contributed by atoms with E-state index in [9.17, 15) is 0 Å². The Morgan fingerprint density at radius 2 is 2.80 bits per heavy atom. The molecule has 0 saturated carbocycles. The summed E-state index contributed by atoms with van der Waals surface area (Å²) >= 11 is 0.0767. The van der Waals surface area contributed by atoms with Crippen LogP contribution in [0.3, 0.4) is 0 Å². The zero-order chi connectivity index (χ0) is 3.54. The second kappa shape index (κ2) is 2.42. The van der Waals surface area contributed by atoms with Crippen molar-refractivity contribution >= 4 is 44.7 Å². The standard InChI is InChI=1S/C2H2.C.2Sb.H/c1-2;;;;/h1-2H;;;;. The van der Waals surface area contributed by atoms with Crippen LogP contribution >= 0.6 is 0 Å². The fourth-order valence-corrected chi connectivity index (χ4v) is 8.39. The van der Waals surface area contributed by atoms with E-state index in [-0.39, 0.29) is 42.8 Å².